The molecule has 0 saturated carbocycles. The maximum absolute atomic E-state index is 12.5. The number of hydrogen-bond donors (Lipinski definition) is 1. The first-order chi connectivity index (χ1) is 12.0. The highest BCUT2D eigenvalue weighted by Gasteiger charge is 2.15. The predicted molar refractivity (Wildman–Crippen MR) is 100 cm³/mol. The van der Waals surface area contributed by atoms with Crippen LogP contribution in [0.5, 0.6) is 0 Å². The van der Waals surface area contributed by atoms with Crippen molar-refractivity contribution in [2.45, 2.75) is 46.5 Å². The number of aromatic nitrogens is 4. The second-order valence-electron chi connectivity index (χ2n) is 6.01. The van der Waals surface area contributed by atoms with Crippen LogP contribution in [0, 0.1) is 13.8 Å². The summed E-state index contributed by atoms with van der Waals surface area (Å²) in [5, 5.41) is 12.6. The molecule has 0 atom stereocenters. The molecule has 1 aromatic carbocycles. The summed E-state index contributed by atoms with van der Waals surface area (Å²) >= 11 is 1.44. The third-order valence-electron chi connectivity index (χ3n) is 4.33. The fourth-order valence-electron chi connectivity index (χ4n) is 2.63. The van der Waals surface area contributed by atoms with Crippen LogP contribution in [-0.2, 0) is 0 Å². The average molecular weight is 355 g/mol. The summed E-state index contributed by atoms with van der Waals surface area (Å²) in [6.07, 6.45) is 2.03. The minimum atomic E-state index is -0.214. The lowest BCUT2D eigenvalue weighted by molar-refractivity contribution is 0.102. The van der Waals surface area contributed by atoms with Gasteiger partial charge in [-0.25, -0.2) is 9.97 Å². The van der Waals surface area contributed by atoms with Crippen LogP contribution in [0.2, 0.25) is 0 Å². The van der Waals surface area contributed by atoms with Crippen molar-refractivity contribution in [2.24, 2.45) is 0 Å². The molecule has 0 aliphatic rings. The summed E-state index contributed by atoms with van der Waals surface area (Å²) in [4.78, 5) is 21.5. The smallest absolute Gasteiger partial charge is 0.257 e. The summed E-state index contributed by atoms with van der Waals surface area (Å²) < 4.78 is 0. The number of nitrogens with one attached hydrogen (secondary N) is 1. The van der Waals surface area contributed by atoms with Gasteiger partial charge in [0.15, 0.2) is 0 Å². The van der Waals surface area contributed by atoms with Crippen LogP contribution in [0.4, 0.5) is 5.13 Å². The zero-order chi connectivity index (χ0) is 18.0. The van der Waals surface area contributed by atoms with Gasteiger partial charge in [0.2, 0.25) is 5.13 Å². The van der Waals surface area contributed by atoms with Gasteiger partial charge in [-0.2, -0.15) is 0 Å². The molecule has 130 valence electrons. The number of aryl methyl sites for hydroxylation is 2. The number of rotatable bonds is 5. The molecule has 2 aromatic heterocycles. The molecule has 1 amide bonds. The van der Waals surface area contributed by atoms with Crippen LogP contribution in [0.25, 0.3) is 11.0 Å². The molecule has 25 heavy (non-hydrogen) atoms. The molecule has 0 aliphatic carbocycles. The Bertz CT molecular complexity index is 917. The summed E-state index contributed by atoms with van der Waals surface area (Å²) in [5.74, 6) is 0.180. The van der Waals surface area contributed by atoms with Gasteiger partial charge in [0.05, 0.1) is 22.4 Å². The van der Waals surface area contributed by atoms with E-state index in [1.807, 2.05) is 19.9 Å². The highest BCUT2D eigenvalue weighted by molar-refractivity contribution is 7.15. The minimum absolute atomic E-state index is 0.214. The molecule has 3 rings (SSSR count). The van der Waals surface area contributed by atoms with Crippen molar-refractivity contribution >= 4 is 33.4 Å². The van der Waals surface area contributed by atoms with Gasteiger partial charge >= 0.3 is 0 Å². The van der Waals surface area contributed by atoms with Crippen LogP contribution in [0.1, 0.15) is 59.4 Å². The van der Waals surface area contributed by atoms with Crippen LogP contribution in [-0.4, -0.2) is 26.1 Å². The lowest BCUT2D eigenvalue weighted by Gasteiger charge is -2.06. The molecule has 3 aromatic rings. The molecule has 1 N–H and O–H groups in total. The molecule has 2 heterocycles. The summed E-state index contributed by atoms with van der Waals surface area (Å²) in [6.45, 7) is 8.10. The Labute approximate surface area is 150 Å². The summed E-state index contributed by atoms with van der Waals surface area (Å²) in [5.41, 5.74) is 3.79. The van der Waals surface area contributed by atoms with E-state index >= 15 is 0 Å². The van der Waals surface area contributed by atoms with Crippen LogP contribution >= 0.6 is 11.3 Å². The molecule has 6 nitrogen and oxygen atoms in total. The van der Waals surface area contributed by atoms with E-state index in [2.05, 4.69) is 39.3 Å². The third-order valence-corrected chi connectivity index (χ3v) is 5.33. The van der Waals surface area contributed by atoms with E-state index < -0.39 is 0 Å². The number of anilines is 1. The number of amides is 1. The van der Waals surface area contributed by atoms with Crippen molar-refractivity contribution in [3.8, 4) is 0 Å². The third kappa shape index (κ3) is 3.66. The molecule has 0 saturated heterocycles. The number of hydrogen-bond acceptors (Lipinski definition) is 6. The van der Waals surface area contributed by atoms with Crippen molar-refractivity contribution in [3.05, 3.63) is 40.2 Å². The standard InChI is InChI=1S/C18H21N5OS/c1-5-12(6-2)17-22-23-18(25-17)21-16(24)13-7-8-14-15(9-13)20-11(4)10(3)19-14/h7-9,12H,5-6H2,1-4H3,(H,21,23,24). The fraction of sp³-hybridized carbons (Fsp3) is 0.389. The van der Waals surface area contributed by atoms with Crippen molar-refractivity contribution < 1.29 is 4.79 Å². The number of nitrogens with zero attached hydrogens (tertiary/aromatic N) is 4. The normalized spacial score (nSPS) is 11.2. The Morgan fingerprint density at radius 2 is 1.76 bits per heavy atom. The first-order valence-electron chi connectivity index (χ1n) is 8.41. The van der Waals surface area contributed by atoms with Crippen molar-refractivity contribution in [2.75, 3.05) is 5.32 Å². The van der Waals surface area contributed by atoms with E-state index in [1.165, 1.54) is 11.3 Å². The molecule has 0 radical (unpaired) electrons. The summed E-state index contributed by atoms with van der Waals surface area (Å²) in [7, 11) is 0. The number of carbonyl (C=O) groups excluding carboxylic acids is 1. The minimum Gasteiger partial charge on any atom is -0.296 e. The maximum Gasteiger partial charge on any atom is 0.257 e. The number of carbonyl (C=O) groups is 1. The van der Waals surface area contributed by atoms with Crippen molar-refractivity contribution in [3.63, 3.8) is 0 Å². The molecule has 0 bridgehead atoms. The Balaban J connectivity index is 1.81. The van der Waals surface area contributed by atoms with Gasteiger partial charge in [0.25, 0.3) is 5.91 Å². The maximum atomic E-state index is 12.5. The van der Waals surface area contributed by atoms with E-state index in [1.54, 1.807) is 12.1 Å². The first-order valence-corrected chi connectivity index (χ1v) is 9.23. The SMILES string of the molecule is CCC(CC)c1nnc(NC(=O)c2ccc3nc(C)c(C)nc3c2)s1. The van der Waals surface area contributed by atoms with E-state index in [-0.39, 0.29) is 5.91 Å². The second-order valence-corrected chi connectivity index (χ2v) is 7.02. The van der Waals surface area contributed by atoms with Gasteiger partial charge in [-0.3, -0.25) is 10.1 Å². The monoisotopic (exact) mass is 355 g/mol. The predicted octanol–water partition coefficient (Wildman–Crippen LogP) is 4.25. The quantitative estimate of drug-likeness (QED) is 0.740. The van der Waals surface area contributed by atoms with Gasteiger partial charge in [-0.05, 0) is 44.9 Å². The van der Waals surface area contributed by atoms with Crippen LogP contribution in [0.3, 0.4) is 0 Å². The molecule has 0 unspecified atom stereocenters. The van der Waals surface area contributed by atoms with E-state index in [0.29, 0.717) is 22.1 Å². The number of fused-ring (bicyclic) bond motifs is 1. The molecule has 0 aliphatic heterocycles. The van der Waals surface area contributed by atoms with Crippen molar-refractivity contribution in [1.82, 2.24) is 20.2 Å². The first kappa shape index (κ1) is 17.4. The van der Waals surface area contributed by atoms with Gasteiger partial charge in [-0.15, -0.1) is 10.2 Å². The Hall–Kier alpha value is -2.41. The highest BCUT2D eigenvalue weighted by Crippen LogP contribution is 2.28. The Kier molecular flexibility index (Phi) is 5.03. The Morgan fingerprint density at radius 1 is 1.08 bits per heavy atom. The summed E-state index contributed by atoms with van der Waals surface area (Å²) in [6, 6.07) is 5.33. The lowest BCUT2D eigenvalue weighted by Crippen LogP contribution is -2.11. The van der Waals surface area contributed by atoms with Crippen LogP contribution in [0.15, 0.2) is 18.2 Å². The fourth-order valence-corrected chi connectivity index (χ4v) is 3.63. The van der Waals surface area contributed by atoms with Gasteiger partial charge in [-0.1, -0.05) is 25.2 Å². The van der Waals surface area contributed by atoms with Crippen LogP contribution < -0.4 is 5.32 Å². The van der Waals surface area contributed by atoms with Crippen molar-refractivity contribution in [1.29, 1.82) is 0 Å². The molecule has 0 spiro atoms. The lowest BCUT2D eigenvalue weighted by atomic mass is 10.1. The van der Waals surface area contributed by atoms with Gasteiger partial charge in [0, 0.05) is 11.5 Å². The Morgan fingerprint density at radius 3 is 2.44 bits per heavy atom. The molecule has 7 heteroatoms. The molecule has 0 fully saturated rings. The van der Waals surface area contributed by atoms with Gasteiger partial charge in [0.1, 0.15) is 5.01 Å². The average Bonchev–Trinajstić information content (AvgIpc) is 3.05. The highest BCUT2D eigenvalue weighted by atomic mass is 32.1. The zero-order valence-corrected chi connectivity index (χ0v) is 15.6. The molecular weight excluding hydrogens is 334 g/mol. The van der Waals surface area contributed by atoms with E-state index in [0.717, 1.165) is 34.8 Å². The van der Waals surface area contributed by atoms with E-state index in [4.69, 9.17) is 0 Å². The second kappa shape index (κ2) is 7.23. The number of benzene rings is 1. The zero-order valence-electron chi connectivity index (χ0n) is 14.8. The topological polar surface area (TPSA) is 80.7 Å². The molecular formula is C18H21N5OS. The largest absolute Gasteiger partial charge is 0.296 e. The van der Waals surface area contributed by atoms with E-state index in [9.17, 15) is 4.79 Å². The van der Waals surface area contributed by atoms with Gasteiger partial charge < -0.3 is 0 Å².